The molecule has 18 heavy (non-hydrogen) atoms. The van der Waals surface area contributed by atoms with E-state index in [9.17, 15) is 19.7 Å². The number of nitrogens with two attached hydrogens (primary N) is 1. The molecule has 94 valence electrons. The minimum absolute atomic E-state index is 0.0297. The molecule has 0 heterocycles. The highest BCUT2D eigenvalue weighted by molar-refractivity contribution is 6.32. The second kappa shape index (κ2) is 5.28. The van der Waals surface area contributed by atoms with E-state index in [1.54, 1.807) is 0 Å². The Balaban J connectivity index is 3.36. The lowest BCUT2D eigenvalue weighted by Gasteiger charge is -2.00. The third-order valence-corrected chi connectivity index (χ3v) is 2.33. The molecule has 0 bridgehead atoms. The van der Waals surface area contributed by atoms with Gasteiger partial charge in [-0.1, -0.05) is 11.6 Å². The molecule has 0 atom stereocenters. The Bertz CT molecular complexity index is 551. The quantitative estimate of drug-likeness (QED) is 0.280. The number of rotatable bonds is 4. The van der Waals surface area contributed by atoms with E-state index in [0.717, 1.165) is 18.2 Å². The number of halogens is 1. The van der Waals surface area contributed by atoms with Crippen molar-refractivity contribution in [2.45, 2.75) is 0 Å². The van der Waals surface area contributed by atoms with Gasteiger partial charge in [0.1, 0.15) is 5.57 Å². The molecule has 0 aromatic heterocycles. The minimum Gasteiger partial charge on any atom is -0.477 e. The van der Waals surface area contributed by atoms with Crippen molar-refractivity contribution in [3.63, 3.8) is 0 Å². The normalized spacial score (nSPS) is 11.1. The van der Waals surface area contributed by atoms with Crippen LogP contribution >= 0.6 is 11.6 Å². The summed E-state index contributed by atoms with van der Waals surface area (Å²) in [5, 5.41) is 19.4. The summed E-state index contributed by atoms with van der Waals surface area (Å²) in [6, 6.07) is 3.44. The summed E-state index contributed by atoms with van der Waals surface area (Å²) < 4.78 is 0. The summed E-state index contributed by atoms with van der Waals surface area (Å²) >= 11 is 5.74. The van der Waals surface area contributed by atoms with Crippen LogP contribution in [-0.2, 0) is 9.59 Å². The monoisotopic (exact) mass is 270 g/mol. The standard InChI is InChI=1S/C10H7ClN2O5/c11-8-2-1-6(13(17)18)3-5(8)4-7(9(12)14)10(15)16/h1-4H,(H2,12,14)(H,15,16)/b7-4-. The smallest absolute Gasteiger partial charge is 0.341 e. The van der Waals surface area contributed by atoms with Crippen LogP contribution in [-0.4, -0.2) is 21.9 Å². The molecule has 0 spiro atoms. The lowest BCUT2D eigenvalue weighted by atomic mass is 10.1. The van der Waals surface area contributed by atoms with Crippen molar-refractivity contribution >= 4 is 35.2 Å². The zero-order valence-corrected chi connectivity index (χ0v) is 9.55. The number of nitro benzene ring substituents is 1. The van der Waals surface area contributed by atoms with E-state index in [2.05, 4.69) is 0 Å². The molecule has 7 nitrogen and oxygen atoms in total. The molecule has 0 aliphatic carbocycles. The molecule has 0 aliphatic rings. The highest BCUT2D eigenvalue weighted by Crippen LogP contribution is 2.24. The molecular formula is C10H7ClN2O5. The Morgan fingerprint density at radius 2 is 2.06 bits per heavy atom. The number of amides is 1. The summed E-state index contributed by atoms with van der Waals surface area (Å²) in [5.74, 6) is -2.70. The molecule has 0 radical (unpaired) electrons. The minimum atomic E-state index is -1.54. The molecule has 0 saturated carbocycles. The predicted octanol–water partition coefficient (Wildman–Crippen LogP) is 1.20. The highest BCUT2D eigenvalue weighted by atomic mass is 35.5. The van der Waals surface area contributed by atoms with Gasteiger partial charge in [-0.25, -0.2) is 4.79 Å². The van der Waals surface area contributed by atoms with Gasteiger partial charge in [0.15, 0.2) is 0 Å². The predicted molar refractivity (Wildman–Crippen MR) is 62.9 cm³/mol. The molecular weight excluding hydrogens is 264 g/mol. The number of aliphatic carboxylic acids is 1. The van der Waals surface area contributed by atoms with Crippen molar-refractivity contribution in [3.05, 3.63) is 44.5 Å². The van der Waals surface area contributed by atoms with Gasteiger partial charge in [0, 0.05) is 22.7 Å². The van der Waals surface area contributed by atoms with Gasteiger partial charge in [-0.15, -0.1) is 0 Å². The van der Waals surface area contributed by atoms with Gasteiger partial charge < -0.3 is 10.8 Å². The molecule has 3 N–H and O–H groups in total. The first-order valence-electron chi connectivity index (χ1n) is 4.51. The van der Waals surface area contributed by atoms with Crippen molar-refractivity contribution < 1.29 is 19.6 Å². The molecule has 0 unspecified atom stereocenters. The summed E-state index contributed by atoms with van der Waals surface area (Å²) in [4.78, 5) is 31.5. The number of primary amides is 1. The van der Waals surface area contributed by atoms with Crippen LogP contribution in [0.15, 0.2) is 23.8 Å². The van der Waals surface area contributed by atoms with Gasteiger partial charge in [0.2, 0.25) is 0 Å². The molecule has 0 aliphatic heterocycles. The maximum absolute atomic E-state index is 10.9. The summed E-state index contributed by atoms with van der Waals surface area (Å²) in [7, 11) is 0. The zero-order valence-electron chi connectivity index (χ0n) is 8.79. The number of non-ortho nitro benzene ring substituents is 1. The Morgan fingerprint density at radius 1 is 1.44 bits per heavy atom. The maximum Gasteiger partial charge on any atom is 0.341 e. The summed E-state index contributed by atoms with van der Waals surface area (Å²) in [6.07, 6.45) is 0.889. The number of benzene rings is 1. The van der Waals surface area contributed by atoms with E-state index >= 15 is 0 Å². The molecule has 1 aromatic rings. The van der Waals surface area contributed by atoms with Crippen LogP contribution < -0.4 is 5.73 Å². The Kier molecular flexibility index (Phi) is 4.01. The highest BCUT2D eigenvalue weighted by Gasteiger charge is 2.16. The second-order valence-corrected chi connectivity index (χ2v) is 3.60. The average molecular weight is 271 g/mol. The number of carbonyl (C=O) groups is 2. The molecule has 0 saturated heterocycles. The van der Waals surface area contributed by atoms with Crippen LogP contribution in [0.3, 0.4) is 0 Å². The van der Waals surface area contributed by atoms with Crippen molar-refractivity contribution in [2.24, 2.45) is 5.73 Å². The van der Waals surface area contributed by atoms with Crippen molar-refractivity contribution in [1.82, 2.24) is 0 Å². The van der Waals surface area contributed by atoms with Crippen LogP contribution in [0.2, 0.25) is 5.02 Å². The number of carboxylic acids is 1. The van der Waals surface area contributed by atoms with E-state index in [1.165, 1.54) is 6.07 Å². The SMILES string of the molecule is NC(=O)/C(=C/c1cc([N+](=O)[O-])ccc1Cl)C(=O)O. The van der Waals surface area contributed by atoms with Crippen LogP contribution in [0.1, 0.15) is 5.56 Å². The number of hydrogen-bond donors (Lipinski definition) is 2. The number of nitrogens with zero attached hydrogens (tertiary/aromatic N) is 1. The Morgan fingerprint density at radius 3 is 2.50 bits per heavy atom. The first-order chi connectivity index (χ1) is 8.32. The Labute approximate surface area is 106 Å². The Hall–Kier alpha value is -2.41. The van der Waals surface area contributed by atoms with Gasteiger partial charge >= 0.3 is 5.97 Å². The lowest BCUT2D eigenvalue weighted by Crippen LogP contribution is -2.20. The molecule has 8 heteroatoms. The van der Waals surface area contributed by atoms with Gasteiger partial charge in [0.05, 0.1) is 4.92 Å². The van der Waals surface area contributed by atoms with Crippen LogP contribution in [0, 0.1) is 10.1 Å². The maximum atomic E-state index is 10.9. The van der Waals surface area contributed by atoms with E-state index < -0.39 is 22.4 Å². The molecule has 0 fully saturated rings. The summed E-state index contributed by atoms with van der Waals surface area (Å²) in [5.41, 5.74) is 3.91. The fourth-order valence-electron chi connectivity index (χ4n) is 1.15. The van der Waals surface area contributed by atoms with Gasteiger partial charge in [0.25, 0.3) is 11.6 Å². The van der Waals surface area contributed by atoms with Gasteiger partial charge in [-0.3, -0.25) is 14.9 Å². The largest absolute Gasteiger partial charge is 0.477 e. The number of carbonyl (C=O) groups excluding carboxylic acids is 1. The number of carboxylic acid groups (broad SMARTS) is 1. The first-order valence-corrected chi connectivity index (χ1v) is 4.89. The number of hydrogen-bond acceptors (Lipinski definition) is 4. The van der Waals surface area contributed by atoms with Crippen molar-refractivity contribution in [3.8, 4) is 0 Å². The third kappa shape index (κ3) is 3.05. The second-order valence-electron chi connectivity index (χ2n) is 3.19. The van der Waals surface area contributed by atoms with Crippen molar-refractivity contribution in [2.75, 3.05) is 0 Å². The van der Waals surface area contributed by atoms with Crippen LogP contribution in [0.4, 0.5) is 5.69 Å². The summed E-state index contributed by atoms with van der Waals surface area (Å²) in [6.45, 7) is 0. The van der Waals surface area contributed by atoms with Crippen molar-refractivity contribution in [1.29, 1.82) is 0 Å². The topological polar surface area (TPSA) is 124 Å². The van der Waals surface area contributed by atoms with Gasteiger partial charge in [-0.05, 0) is 12.1 Å². The van der Waals surface area contributed by atoms with Crippen LogP contribution in [0.5, 0.6) is 0 Å². The lowest BCUT2D eigenvalue weighted by molar-refractivity contribution is -0.384. The van der Waals surface area contributed by atoms with E-state index in [1.807, 2.05) is 0 Å². The van der Waals surface area contributed by atoms with E-state index in [-0.39, 0.29) is 16.3 Å². The fraction of sp³-hybridized carbons (Fsp3) is 0. The van der Waals surface area contributed by atoms with E-state index in [4.69, 9.17) is 22.4 Å². The molecule has 1 amide bonds. The molecule has 1 aromatic carbocycles. The number of nitro groups is 1. The fourth-order valence-corrected chi connectivity index (χ4v) is 1.32. The molecule has 1 rings (SSSR count). The van der Waals surface area contributed by atoms with Crippen LogP contribution in [0.25, 0.3) is 6.08 Å². The third-order valence-electron chi connectivity index (χ3n) is 1.99. The zero-order chi connectivity index (χ0) is 13.9. The average Bonchev–Trinajstić information content (AvgIpc) is 2.26. The van der Waals surface area contributed by atoms with E-state index in [0.29, 0.717) is 0 Å². The first kappa shape index (κ1) is 13.7. The van der Waals surface area contributed by atoms with Gasteiger partial charge in [-0.2, -0.15) is 0 Å².